The van der Waals surface area contributed by atoms with Crippen molar-refractivity contribution in [2.45, 2.75) is 205 Å². The molecule has 0 aliphatic heterocycles. The summed E-state index contributed by atoms with van der Waals surface area (Å²) >= 11 is 0. The van der Waals surface area contributed by atoms with E-state index in [2.05, 4.69) is 13.8 Å². The van der Waals surface area contributed by atoms with Gasteiger partial charge < -0.3 is 42.1 Å². The van der Waals surface area contributed by atoms with Crippen LogP contribution in [0.3, 0.4) is 0 Å². The topological polar surface area (TPSA) is 173 Å². The Morgan fingerprint density at radius 1 is 0.523 bits per heavy atom. The molecule has 0 bridgehead atoms. The van der Waals surface area contributed by atoms with Crippen molar-refractivity contribution in [3.8, 4) is 0 Å². The minimum atomic E-state index is -1.15. The zero-order chi connectivity index (χ0) is 33.3. The summed E-state index contributed by atoms with van der Waals surface area (Å²) in [5.74, 6) is -0.117. The Kier molecular flexibility index (Phi) is 36.2. The van der Waals surface area contributed by atoms with Gasteiger partial charge in [0.15, 0.2) is 0 Å². The second-order valence-corrected chi connectivity index (χ2v) is 12.8. The second kappa shape index (κ2) is 35.1. The lowest BCUT2D eigenvalue weighted by Crippen LogP contribution is -2.45. The molecule has 0 aromatic rings. The molecule has 0 saturated carbocycles. The van der Waals surface area contributed by atoms with Gasteiger partial charge in [-0.2, -0.15) is 0 Å². The van der Waals surface area contributed by atoms with E-state index in [0.29, 0.717) is 6.42 Å². The van der Waals surface area contributed by atoms with Gasteiger partial charge in [-0.25, -0.2) is 0 Å². The third kappa shape index (κ3) is 29.9. The predicted molar refractivity (Wildman–Crippen MR) is 186 cm³/mol. The van der Waals surface area contributed by atoms with E-state index >= 15 is 0 Å². The first-order valence-electron chi connectivity index (χ1n) is 18.4. The van der Waals surface area contributed by atoms with Gasteiger partial charge in [-0.05, 0) is 25.3 Å². The molecule has 8 heteroatoms. The lowest BCUT2D eigenvalue weighted by atomic mass is 10.00. The molecule has 0 heterocycles. The summed E-state index contributed by atoms with van der Waals surface area (Å²) in [7, 11) is 0. The highest BCUT2D eigenvalue weighted by Gasteiger charge is 2.22. The standard InChI is InChI=1S/C18H39NO3.C18H37NO3/c2*1-2-3-4-5-6-7-8-9-10-11-12-13-14-17(21)18(22)16(19)15-20/h16-18,20-22H,2-15,19H2,1H3;14,16,18,20-22H,2-13,15,19H2,1H3/b;17-14-/t16-,17+,18-;16-,18-/m00/s1. The Morgan fingerprint density at radius 2 is 0.864 bits per heavy atom. The molecule has 0 unspecified atom stereocenters. The van der Waals surface area contributed by atoms with Gasteiger partial charge in [0, 0.05) is 0 Å². The first kappa shape index (κ1) is 45.4. The highest BCUT2D eigenvalue weighted by atomic mass is 16.3. The van der Waals surface area contributed by atoms with Crippen LogP contribution in [0.5, 0.6) is 0 Å². The van der Waals surface area contributed by atoms with Gasteiger partial charge in [0.05, 0.1) is 37.5 Å². The van der Waals surface area contributed by atoms with E-state index in [-0.39, 0.29) is 19.0 Å². The van der Waals surface area contributed by atoms with Crippen molar-refractivity contribution in [3.05, 3.63) is 11.8 Å². The van der Waals surface area contributed by atoms with Crippen molar-refractivity contribution in [3.63, 3.8) is 0 Å². The highest BCUT2D eigenvalue weighted by molar-refractivity contribution is 5.01. The number of allylic oxidation sites excluding steroid dienone is 1. The number of nitrogens with two attached hydrogens (primary N) is 2. The summed E-state index contributed by atoms with van der Waals surface area (Å²) < 4.78 is 0. The minimum Gasteiger partial charge on any atom is -0.510 e. The largest absolute Gasteiger partial charge is 0.510 e. The zero-order valence-electron chi connectivity index (χ0n) is 28.9. The van der Waals surface area contributed by atoms with Crippen molar-refractivity contribution >= 4 is 0 Å². The van der Waals surface area contributed by atoms with Crippen LogP contribution in [0.15, 0.2) is 11.8 Å². The third-order valence-electron chi connectivity index (χ3n) is 8.48. The van der Waals surface area contributed by atoms with Crippen LogP contribution < -0.4 is 11.5 Å². The molecule has 0 aromatic heterocycles. The molecule has 0 aliphatic rings. The van der Waals surface area contributed by atoms with E-state index in [0.717, 1.165) is 32.1 Å². The van der Waals surface area contributed by atoms with Crippen LogP contribution in [-0.2, 0) is 0 Å². The quantitative estimate of drug-likeness (QED) is 0.0300. The smallest absolute Gasteiger partial charge is 0.128 e. The van der Waals surface area contributed by atoms with Crippen molar-refractivity contribution in [2.24, 2.45) is 11.5 Å². The first-order valence-corrected chi connectivity index (χ1v) is 18.4. The van der Waals surface area contributed by atoms with Gasteiger partial charge in [-0.3, -0.25) is 0 Å². The number of rotatable bonds is 31. The minimum absolute atomic E-state index is 0.117. The molecule has 5 atom stereocenters. The summed E-state index contributed by atoms with van der Waals surface area (Å²) in [5, 5.41) is 56.2. The van der Waals surface area contributed by atoms with E-state index in [4.69, 9.17) is 21.7 Å². The average Bonchev–Trinajstić information content (AvgIpc) is 3.04. The first-order chi connectivity index (χ1) is 21.3. The van der Waals surface area contributed by atoms with Crippen LogP contribution in [0.1, 0.15) is 174 Å². The number of aliphatic hydroxyl groups excluding tert-OH is 6. The molecule has 0 radical (unpaired) electrons. The molecule has 0 saturated heterocycles. The van der Waals surface area contributed by atoms with E-state index in [1.807, 2.05) is 0 Å². The Morgan fingerprint density at radius 3 is 1.23 bits per heavy atom. The maximum atomic E-state index is 9.74. The van der Waals surface area contributed by atoms with Crippen molar-refractivity contribution in [1.29, 1.82) is 0 Å². The van der Waals surface area contributed by atoms with Crippen LogP contribution >= 0.6 is 0 Å². The van der Waals surface area contributed by atoms with Gasteiger partial charge in [0.25, 0.3) is 0 Å². The molecule has 0 aromatic carbocycles. The summed E-state index contributed by atoms with van der Waals surface area (Å²) in [6.45, 7) is 3.87. The molecule has 10 N–H and O–H groups in total. The van der Waals surface area contributed by atoms with Crippen molar-refractivity contribution < 1.29 is 30.6 Å². The van der Waals surface area contributed by atoms with Gasteiger partial charge in [0.2, 0.25) is 0 Å². The maximum absolute atomic E-state index is 9.74. The Labute approximate surface area is 271 Å². The maximum Gasteiger partial charge on any atom is 0.128 e. The molecule has 8 nitrogen and oxygen atoms in total. The fourth-order valence-corrected chi connectivity index (χ4v) is 5.26. The summed E-state index contributed by atoms with van der Waals surface area (Å²) in [5.41, 5.74) is 10.9. The SMILES string of the molecule is CCCCCCCCCCCCC/C=C(\O)[C@@H](O)[C@@H](N)CO.CCCCCCCCCCCCCC[C@@H](O)[C@@H](O)[C@@H](N)CO. The molecule has 0 aliphatic carbocycles. The highest BCUT2D eigenvalue weighted by Crippen LogP contribution is 2.15. The fourth-order valence-electron chi connectivity index (χ4n) is 5.26. The van der Waals surface area contributed by atoms with Crippen LogP contribution in [0.4, 0.5) is 0 Å². The molecular formula is C36H76N2O6. The van der Waals surface area contributed by atoms with Gasteiger partial charge >= 0.3 is 0 Å². The molecule has 0 spiro atoms. The summed E-state index contributed by atoms with van der Waals surface area (Å²) in [6, 6.07) is -1.55. The Hall–Kier alpha value is -0.740. The van der Waals surface area contributed by atoms with Crippen molar-refractivity contribution in [2.75, 3.05) is 13.2 Å². The number of hydrogen-bond donors (Lipinski definition) is 8. The van der Waals surface area contributed by atoms with Crippen molar-refractivity contribution in [1.82, 2.24) is 0 Å². The molecule has 0 fully saturated rings. The number of unbranched alkanes of at least 4 members (excludes halogenated alkanes) is 22. The molecular weight excluding hydrogens is 556 g/mol. The monoisotopic (exact) mass is 633 g/mol. The zero-order valence-corrected chi connectivity index (χ0v) is 28.9. The van der Waals surface area contributed by atoms with E-state index < -0.39 is 30.4 Å². The fraction of sp³-hybridized carbons (Fsp3) is 0.944. The van der Waals surface area contributed by atoms with Gasteiger partial charge in [0.1, 0.15) is 11.9 Å². The molecule has 44 heavy (non-hydrogen) atoms. The normalized spacial score (nSPS) is 15.3. The van der Waals surface area contributed by atoms with Gasteiger partial charge in [-0.15, -0.1) is 0 Å². The average molecular weight is 633 g/mol. The molecule has 0 amide bonds. The Bertz CT molecular complexity index is 595. The third-order valence-corrected chi connectivity index (χ3v) is 8.48. The molecule has 266 valence electrons. The predicted octanol–water partition coefficient (Wildman–Crippen LogP) is 6.93. The number of aliphatic hydroxyl groups is 6. The van der Waals surface area contributed by atoms with Gasteiger partial charge in [-0.1, -0.05) is 155 Å². The number of hydrogen-bond acceptors (Lipinski definition) is 8. The Balaban J connectivity index is 0. The van der Waals surface area contributed by atoms with Crippen LogP contribution in [0.2, 0.25) is 0 Å². The molecule has 0 rings (SSSR count). The van der Waals surface area contributed by atoms with Crippen LogP contribution in [0.25, 0.3) is 0 Å². The summed E-state index contributed by atoms with van der Waals surface area (Å²) in [6.07, 6.45) is 29.5. The summed E-state index contributed by atoms with van der Waals surface area (Å²) in [4.78, 5) is 0. The lowest BCUT2D eigenvalue weighted by Gasteiger charge is -2.22. The lowest BCUT2D eigenvalue weighted by molar-refractivity contribution is -0.0121. The second-order valence-electron chi connectivity index (χ2n) is 12.8. The van der Waals surface area contributed by atoms with E-state index in [1.165, 1.54) is 122 Å². The van der Waals surface area contributed by atoms with Crippen LogP contribution in [-0.4, -0.2) is 74.2 Å². The van der Waals surface area contributed by atoms with Crippen LogP contribution in [0, 0.1) is 0 Å². The van der Waals surface area contributed by atoms with E-state index in [1.54, 1.807) is 6.08 Å². The van der Waals surface area contributed by atoms with E-state index in [9.17, 15) is 20.4 Å².